The normalized spacial score (nSPS) is 15.1. The highest BCUT2D eigenvalue weighted by Crippen LogP contribution is 2.40. The molecule has 0 saturated heterocycles. The van der Waals surface area contributed by atoms with E-state index in [2.05, 4.69) is 12.1 Å². The van der Waals surface area contributed by atoms with Gasteiger partial charge in [-0.3, -0.25) is 0 Å². The third-order valence-corrected chi connectivity index (χ3v) is 9.81. The Balaban J connectivity index is 1.06. The summed E-state index contributed by atoms with van der Waals surface area (Å²) in [4.78, 5) is 0. The van der Waals surface area contributed by atoms with E-state index >= 15 is 0 Å². The Hall–Kier alpha value is -6.70. The Kier molecular flexibility index (Phi) is 5.04. The molecule has 244 valence electrons. The zero-order valence-electron chi connectivity index (χ0n) is 38.7. The van der Waals surface area contributed by atoms with Crippen molar-refractivity contribution in [2.24, 2.45) is 0 Å². The lowest BCUT2D eigenvalue weighted by molar-refractivity contribution is 0.669. The third-order valence-electron chi connectivity index (χ3n) is 9.81. The molecule has 0 aliphatic heterocycles. The van der Waals surface area contributed by atoms with Crippen molar-refractivity contribution in [3.05, 3.63) is 217 Å². The largest absolute Gasteiger partial charge is 0.456 e. The van der Waals surface area contributed by atoms with E-state index in [-0.39, 0.29) is 70.5 Å². The maximum absolute atomic E-state index is 9.11. The van der Waals surface area contributed by atoms with E-state index in [9.17, 15) is 0 Å². The van der Waals surface area contributed by atoms with Crippen LogP contribution in [-0.4, -0.2) is 0 Å². The van der Waals surface area contributed by atoms with Gasteiger partial charge in [0.1, 0.15) is 11.2 Å². The highest BCUT2D eigenvalue weighted by atomic mass is 16.3. The van der Waals surface area contributed by atoms with Crippen LogP contribution in [0.25, 0.3) is 76.9 Å². The van der Waals surface area contributed by atoms with Gasteiger partial charge in [0, 0.05) is 16.7 Å². The molecule has 0 aliphatic rings. The summed E-state index contributed by atoms with van der Waals surface area (Å²) in [6.07, 6.45) is 0. The lowest BCUT2D eigenvalue weighted by Crippen LogP contribution is -2.04. The number of para-hydroxylation sites is 1. The van der Waals surface area contributed by atoms with Crippen LogP contribution >= 0.6 is 0 Å². The second-order valence-corrected chi connectivity index (χ2v) is 12.8. The van der Waals surface area contributed by atoms with Crippen molar-refractivity contribution in [2.75, 3.05) is 0 Å². The van der Waals surface area contributed by atoms with Gasteiger partial charge in [0.25, 0.3) is 0 Å². The number of furan rings is 1. The number of hydrogen-bond acceptors (Lipinski definition) is 1. The van der Waals surface area contributed by atoms with Crippen LogP contribution < -0.4 is 0 Å². The van der Waals surface area contributed by atoms with E-state index in [1.165, 1.54) is 6.07 Å². The van der Waals surface area contributed by atoms with Crippen LogP contribution in [0, 0.1) is 0 Å². The molecule has 0 saturated carbocycles. The van der Waals surface area contributed by atoms with Gasteiger partial charge in [-0.15, -0.1) is 0 Å². The first-order valence-corrected chi connectivity index (χ1v) is 17.0. The van der Waals surface area contributed by atoms with Crippen molar-refractivity contribution in [3.63, 3.8) is 0 Å². The molecule has 0 bridgehead atoms. The van der Waals surface area contributed by atoms with E-state index in [4.69, 9.17) is 19.5 Å². The zero-order chi connectivity index (χ0) is 44.0. The predicted octanol–water partition coefficient (Wildman–Crippen LogP) is 14.1. The van der Waals surface area contributed by atoms with Gasteiger partial charge in [0.2, 0.25) is 0 Å². The Morgan fingerprint density at radius 1 is 0.385 bits per heavy atom. The molecule has 9 aromatic carbocycles. The topological polar surface area (TPSA) is 13.1 Å². The molecule has 0 radical (unpaired) electrons. The fourth-order valence-electron chi connectivity index (χ4n) is 7.30. The quantitative estimate of drug-likeness (QED) is 0.160. The fraction of sp³-hybridized carbons (Fsp3) is 0.0196. The van der Waals surface area contributed by atoms with E-state index in [1.54, 1.807) is 12.1 Å². The molecule has 52 heavy (non-hydrogen) atoms. The fourth-order valence-corrected chi connectivity index (χ4v) is 7.30. The Morgan fingerprint density at radius 3 is 1.90 bits per heavy atom. The van der Waals surface area contributed by atoms with Crippen molar-refractivity contribution in [3.8, 4) is 33.4 Å². The third kappa shape index (κ3) is 5.27. The molecule has 1 heterocycles. The molecular weight excluding hydrogens is 629 g/mol. The second kappa shape index (κ2) is 12.6. The summed E-state index contributed by atoms with van der Waals surface area (Å²) in [5.74, 6) is -0.710. The van der Waals surface area contributed by atoms with Crippen LogP contribution in [0.5, 0.6) is 0 Å². The van der Waals surface area contributed by atoms with E-state index < -0.39 is 24.0 Å². The van der Waals surface area contributed by atoms with Crippen LogP contribution in [0.4, 0.5) is 0 Å². The number of hydrogen-bond donors (Lipinski definition) is 0. The van der Waals surface area contributed by atoms with Gasteiger partial charge in [-0.25, -0.2) is 0 Å². The summed E-state index contributed by atoms with van der Waals surface area (Å²) in [6.45, 7) is 0. The van der Waals surface area contributed by atoms with Gasteiger partial charge in [0.05, 0.1) is 15.1 Å². The molecular formula is C51H34O. The van der Waals surface area contributed by atoms with Crippen molar-refractivity contribution in [1.82, 2.24) is 0 Å². The molecule has 0 N–H and O–H groups in total. The maximum Gasteiger partial charge on any atom is 0.136 e. The molecule has 0 amide bonds. The summed E-state index contributed by atoms with van der Waals surface area (Å²) < 4.78 is 101. The van der Waals surface area contributed by atoms with E-state index in [1.807, 2.05) is 103 Å². The lowest BCUT2D eigenvalue weighted by atomic mass is 9.82. The summed E-state index contributed by atoms with van der Waals surface area (Å²) in [7, 11) is 0. The molecule has 0 fully saturated rings. The monoisotopic (exact) mass is 673 g/mol. The molecule has 1 atom stereocenters. The van der Waals surface area contributed by atoms with Gasteiger partial charge >= 0.3 is 0 Å². The molecule has 10 rings (SSSR count). The van der Waals surface area contributed by atoms with Gasteiger partial charge in [0.15, 0.2) is 0 Å². The van der Waals surface area contributed by atoms with Crippen molar-refractivity contribution < 1.29 is 19.5 Å². The second-order valence-electron chi connectivity index (χ2n) is 12.8. The average molecular weight is 674 g/mol. The number of fused-ring (bicyclic) bond motifs is 6. The Bertz CT molecular complexity index is 3480. The molecule has 1 nitrogen and oxygen atoms in total. The standard InChI is InChI=1S/C51H34O/c1-3-11-37(12-4-1)47-33-43(32-41-15-7-8-16-44(41)47)50(38-13-5-2-6-14-38)39-25-23-35(24-26-39)34-19-21-36(22-20-34)40-27-29-45-42(31-40)28-30-49-51(45)46-17-9-10-18-48(46)52-49/h1-33,50H/i2D,5D,6D,9D,10D,13D,14D,17D,28D,29D,30D. The zero-order valence-corrected chi connectivity index (χ0v) is 27.7. The van der Waals surface area contributed by atoms with Crippen LogP contribution in [-0.2, 0) is 0 Å². The highest BCUT2D eigenvalue weighted by molar-refractivity contribution is 6.19. The summed E-state index contributed by atoms with van der Waals surface area (Å²) in [6, 6.07) is 39.7. The summed E-state index contributed by atoms with van der Waals surface area (Å²) >= 11 is 0. The minimum atomic E-state index is -0.710. The first-order valence-electron chi connectivity index (χ1n) is 22.5. The number of rotatable bonds is 6. The van der Waals surface area contributed by atoms with Crippen LogP contribution in [0.15, 0.2) is 204 Å². The van der Waals surface area contributed by atoms with Crippen molar-refractivity contribution in [2.45, 2.75) is 5.92 Å². The van der Waals surface area contributed by atoms with E-state index in [0.29, 0.717) is 21.7 Å². The predicted molar refractivity (Wildman–Crippen MR) is 219 cm³/mol. The van der Waals surface area contributed by atoms with Crippen molar-refractivity contribution in [1.29, 1.82) is 0 Å². The molecule has 0 aliphatic carbocycles. The maximum atomic E-state index is 9.11. The lowest BCUT2D eigenvalue weighted by Gasteiger charge is -2.21. The average Bonchev–Trinajstić information content (AvgIpc) is 3.69. The molecule has 10 aromatic rings. The Labute approximate surface area is 318 Å². The van der Waals surface area contributed by atoms with Gasteiger partial charge in [-0.2, -0.15) is 0 Å². The molecule has 1 unspecified atom stereocenters. The summed E-state index contributed by atoms with van der Waals surface area (Å²) in [5.41, 5.74) is 7.10. The van der Waals surface area contributed by atoms with Gasteiger partial charge in [-0.1, -0.05) is 176 Å². The molecule has 1 heteroatoms. The Morgan fingerprint density at radius 2 is 1.10 bits per heavy atom. The SMILES string of the molecule is [2H]c1cc2oc3c([2H])c([2H])c4cc(-c5ccc(-c6ccc(C(c7cc(-c8ccccc8)c8ccccc8c7)c7c([2H])c([2H])c([2H])c([2H])c7[2H])cc6)cc5)cc([2H])c4c3c2c([2H])c1[2H]. The van der Waals surface area contributed by atoms with Crippen LogP contribution in [0.1, 0.15) is 37.7 Å². The minimum absolute atomic E-state index is 0.0476. The van der Waals surface area contributed by atoms with E-state index in [0.717, 1.165) is 49.7 Å². The highest BCUT2D eigenvalue weighted by Gasteiger charge is 2.19. The smallest absolute Gasteiger partial charge is 0.136 e. The van der Waals surface area contributed by atoms with Crippen molar-refractivity contribution >= 4 is 43.5 Å². The summed E-state index contributed by atoms with van der Waals surface area (Å²) in [5, 5.41) is 3.25. The minimum Gasteiger partial charge on any atom is -0.456 e. The first kappa shape index (κ1) is 20.8. The van der Waals surface area contributed by atoms with Crippen LogP contribution in [0.3, 0.4) is 0 Å². The van der Waals surface area contributed by atoms with Gasteiger partial charge < -0.3 is 4.42 Å². The molecule has 1 aromatic heterocycles. The molecule has 0 spiro atoms. The first-order chi connectivity index (χ1) is 30.3. The number of benzene rings is 9. The van der Waals surface area contributed by atoms with Crippen LogP contribution in [0.2, 0.25) is 0 Å². The van der Waals surface area contributed by atoms with Gasteiger partial charge in [-0.05, 0) is 95.9 Å².